The molecule has 0 unspecified atom stereocenters. The maximum Gasteiger partial charge on any atom is 0.170 e. The molecular weight excluding hydrogens is 338 g/mol. The third-order valence-corrected chi connectivity index (χ3v) is 4.82. The normalized spacial score (nSPS) is 15.4. The Bertz CT molecular complexity index is 913. The smallest absolute Gasteiger partial charge is 0.170 e. The van der Waals surface area contributed by atoms with E-state index in [2.05, 4.69) is 75.9 Å². The topological polar surface area (TPSA) is 56.1 Å². The number of hydrogen-bond acceptors (Lipinski definition) is 5. The third-order valence-electron chi connectivity index (χ3n) is 4.82. The fraction of sp³-hybridized carbons (Fsp3) is 0.286. The monoisotopic (exact) mass is 361 g/mol. The molecular formula is C21H23N5O. The Balaban J connectivity index is 1.55. The minimum atomic E-state index is 0.634. The molecule has 0 N–H and O–H groups in total. The summed E-state index contributed by atoms with van der Waals surface area (Å²) in [5.41, 5.74) is 4.84. The zero-order valence-corrected chi connectivity index (χ0v) is 15.5. The predicted octanol–water partition coefficient (Wildman–Crippen LogP) is 3.46. The Morgan fingerprint density at radius 3 is 2.81 bits per heavy atom. The van der Waals surface area contributed by atoms with Crippen molar-refractivity contribution in [3.63, 3.8) is 0 Å². The average Bonchev–Trinajstić information content (AvgIpc) is 3.15. The van der Waals surface area contributed by atoms with Gasteiger partial charge in [0.1, 0.15) is 0 Å². The summed E-state index contributed by atoms with van der Waals surface area (Å²) in [6, 6.07) is 16.8. The molecule has 1 aliphatic heterocycles. The Kier molecular flexibility index (Phi) is 5.37. The van der Waals surface area contributed by atoms with Crippen molar-refractivity contribution < 1.29 is 4.74 Å². The quantitative estimate of drug-likeness (QED) is 0.697. The molecule has 2 heterocycles. The second kappa shape index (κ2) is 8.24. The zero-order chi connectivity index (χ0) is 18.5. The Morgan fingerprint density at radius 2 is 2.00 bits per heavy atom. The van der Waals surface area contributed by atoms with Gasteiger partial charge >= 0.3 is 0 Å². The van der Waals surface area contributed by atoms with Crippen molar-refractivity contribution in [2.24, 2.45) is 0 Å². The summed E-state index contributed by atoms with van der Waals surface area (Å²) in [5.74, 6) is 0.814. The number of tetrazole rings is 1. The number of hydrogen-bond donors (Lipinski definition) is 0. The van der Waals surface area contributed by atoms with Crippen LogP contribution in [0.25, 0.3) is 23.4 Å². The molecule has 0 radical (unpaired) electrons. The van der Waals surface area contributed by atoms with Gasteiger partial charge in [0.2, 0.25) is 0 Å². The molecule has 0 atom stereocenters. The van der Waals surface area contributed by atoms with Gasteiger partial charge in [-0.2, -0.15) is 0 Å². The minimum absolute atomic E-state index is 0.634. The summed E-state index contributed by atoms with van der Waals surface area (Å²) >= 11 is 0. The number of benzene rings is 2. The molecule has 6 nitrogen and oxygen atoms in total. The maximum atomic E-state index is 5.50. The first-order valence-corrected chi connectivity index (χ1v) is 9.21. The molecule has 0 spiro atoms. The second-order valence-corrected chi connectivity index (χ2v) is 6.68. The van der Waals surface area contributed by atoms with Crippen LogP contribution in [0.1, 0.15) is 23.4 Å². The molecule has 1 aromatic heterocycles. The molecule has 1 saturated heterocycles. The first kappa shape index (κ1) is 17.6. The molecule has 0 amide bonds. The maximum absolute atomic E-state index is 5.50. The summed E-state index contributed by atoms with van der Waals surface area (Å²) in [7, 11) is 0. The van der Waals surface area contributed by atoms with Crippen LogP contribution in [0.3, 0.4) is 0 Å². The fourth-order valence-electron chi connectivity index (χ4n) is 3.32. The van der Waals surface area contributed by atoms with Gasteiger partial charge in [-0.3, -0.25) is 4.90 Å². The molecule has 4 rings (SSSR count). The molecule has 0 bridgehead atoms. The molecule has 1 aliphatic rings. The van der Waals surface area contributed by atoms with E-state index in [1.807, 2.05) is 12.3 Å². The van der Waals surface area contributed by atoms with Crippen LogP contribution in [0.5, 0.6) is 0 Å². The molecule has 3 aromatic rings. The molecule has 1 fully saturated rings. The molecule has 138 valence electrons. The van der Waals surface area contributed by atoms with Crippen LogP contribution in [-0.2, 0) is 11.3 Å². The van der Waals surface area contributed by atoms with E-state index >= 15 is 0 Å². The van der Waals surface area contributed by atoms with Gasteiger partial charge < -0.3 is 4.74 Å². The number of ether oxygens (including phenoxy) is 1. The van der Waals surface area contributed by atoms with Crippen molar-refractivity contribution >= 4 is 12.3 Å². The summed E-state index contributed by atoms with van der Waals surface area (Å²) in [6.45, 7) is 5.30. The SMILES string of the molecule is Cc1c(/C=C/n2nnnc2CN2CCCOC2)cccc1-c1ccccc1. The van der Waals surface area contributed by atoms with Crippen LogP contribution in [0, 0.1) is 6.92 Å². The molecule has 27 heavy (non-hydrogen) atoms. The van der Waals surface area contributed by atoms with Gasteiger partial charge in [0, 0.05) is 19.4 Å². The Labute approximate surface area is 159 Å². The van der Waals surface area contributed by atoms with Crippen molar-refractivity contribution in [1.29, 1.82) is 0 Å². The van der Waals surface area contributed by atoms with E-state index in [0.29, 0.717) is 13.3 Å². The summed E-state index contributed by atoms with van der Waals surface area (Å²) in [5, 5.41) is 12.1. The standard InChI is InChI=1S/C21H23N5O/c1-17-18(9-5-10-20(17)19-7-3-2-4-8-19)11-13-26-21(22-23-24-26)15-25-12-6-14-27-16-25/h2-5,7-11,13H,6,12,14-16H2,1H3/b13-11+. The zero-order valence-electron chi connectivity index (χ0n) is 15.5. The van der Waals surface area contributed by atoms with Crippen LogP contribution >= 0.6 is 0 Å². The van der Waals surface area contributed by atoms with Gasteiger partial charge in [0.05, 0.1) is 13.3 Å². The van der Waals surface area contributed by atoms with Crippen LogP contribution in [0.4, 0.5) is 0 Å². The van der Waals surface area contributed by atoms with Gasteiger partial charge in [0.15, 0.2) is 5.82 Å². The highest BCUT2D eigenvalue weighted by Crippen LogP contribution is 2.26. The van der Waals surface area contributed by atoms with Crippen LogP contribution in [0.2, 0.25) is 0 Å². The van der Waals surface area contributed by atoms with Crippen molar-refractivity contribution in [2.75, 3.05) is 19.9 Å². The molecule has 0 aliphatic carbocycles. The number of nitrogens with zero attached hydrogens (tertiary/aromatic N) is 5. The van der Waals surface area contributed by atoms with E-state index in [9.17, 15) is 0 Å². The van der Waals surface area contributed by atoms with E-state index < -0.39 is 0 Å². The highest BCUT2D eigenvalue weighted by Gasteiger charge is 2.14. The lowest BCUT2D eigenvalue weighted by Crippen LogP contribution is -2.33. The minimum Gasteiger partial charge on any atom is -0.366 e. The van der Waals surface area contributed by atoms with Gasteiger partial charge in [-0.15, -0.1) is 5.10 Å². The van der Waals surface area contributed by atoms with E-state index in [-0.39, 0.29) is 0 Å². The summed E-state index contributed by atoms with van der Waals surface area (Å²) in [6.07, 6.45) is 5.04. The number of rotatable bonds is 5. The fourth-order valence-corrected chi connectivity index (χ4v) is 3.32. The third kappa shape index (κ3) is 4.13. The Hall–Kier alpha value is -2.83. The summed E-state index contributed by atoms with van der Waals surface area (Å²) < 4.78 is 7.24. The van der Waals surface area contributed by atoms with Crippen LogP contribution in [0.15, 0.2) is 48.5 Å². The van der Waals surface area contributed by atoms with Gasteiger partial charge in [-0.1, -0.05) is 48.5 Å². The van der Waals surface area contributed by atoms with Gasteiger partial charge in [0.25, 0.3) is 0 Å². The predicted molar refractivity (Wildman–Crippen MR) is 106 cm³/mol. The van der Waals surface area contributed by atoms with Gasteiger partial charge in [-0.25, -0.2) is 4.68 Å². The first-order chi connectivity index (χ1) is 13.3. The summed E-state index contributed by atoms with van der Waals surface area (Å²) in [4.78, 5) is 2.21. The first-order valence-electron chi connectivity index (χ1n) is 9.21. The van der Waals surface area contributed by atoms with E-state index in [1.54, 1.807) is 4.68 Å². The molecule has 0 saturated carbocycles. The lowest BCUT2D eigenvalue weighted by Gasteiger charge is -2.25. The van der Waals surface area contributed by atoms with Crippen molar-refractivity contribution in [3.05, 3.63) is 65.5 Å². The van der Waals surface area contributed by atoms with E-state index in [0.717, 1.165) is 31.0 Å². The largest absolute Gasteiger partial charge is 0.366 e. The lowest BCUT2D eigenvalue weighted by atomic mass is 9.96. The average molecular weight is 361 g/mol. The van der Waals surface area contributed by atoms with Crippen LogP contribution < -0.4 is 0 Å². The van der Waals surface area contributed by atoms with Crippen LogP contribution in [-0.4, -0.2) is 45.0 Å². The molecule has 2 aromatic carbocycles. The number of aromatic nitrogens is 4. The van der Waals surface area contributed by atoms with Gasteiger partial charge in [-0.05, 0) is 52.1 Å². The lowest BCUT2D eigenvalue weighted by molar-refractivity contribution is -0.0191. The highest BCUT2D eigenvalue weighted by molar-refractivity contribution is 5.74. The van der Waals surface area contributed by atoms with E-state index in [1.165, 1.54) is 16.7 Å². The second-order valence-electron chi connectivity index (χ2n) is 6.68. The Morgan fingerprint density at radius 1 is 1.11 bits per heavy atom. The van der Waals surface area contributed by atoms with E-state index in [4.69, 9.17) is 4.74 Å². The van der Waals surface area contributed by atoms with Crippen molar-refractivity contribution in [1.82, 2.24) is 25.1 Å². The van der Waals surface area contributed by atoms with Crippen molar-refractivity contribution in [3.8, 4) is 11.1 Å². The molecule has 6 heteroatoms. The highest BCUT2D eigenvalue weighted by atomic mass is 16.5. The van der Waals surface area contributed by atoms with Crippen molar-refractivity contribution in [2.45, 2.75) is 19.9 Å².